The molecule has 0 aromatic carbocycles. The number of aromatic nitrogens is 3. The zero-order valence-corrected chi connectivity index (χ0v) is 9.07. The van der Waals surface area contributed by atoms with Crippen LogP contribution in [-0.2, 0) is 13.6 Å². The predicted octanol–water partition coefficient (Wildman–Crippen LogP) is 0.964. The molecule has 0 N–H and O–H groups in total. The highest BCUT2D eigenvalue weighted by Crippen LogP contribution is 2.03. The summed E-state index contributed by atoms with van der Waals surface area (Å²) >= 11 is 0. The second-order valence-electron chi connectivity index (χ2n) is 3.73. The minimum Gasteiger partial charge on any atom is -0.317 e. The van der Waals surface area contributed by atoms with Gasteiger partial charge in [0.2, 0.25) is 0 Å². The molecule has 0 saturated carbocycles. The van der Waals surface area contributed by atoms with E-state index in [0.717, 1.165) is 18.2 Å². The van der Waals surface area contributed by atoms with Gasteiger partial charge in [0, 0.05) is 13.1 Å². The Balaban J connectivity index is 2.69. The molecule has 4 nitrogen and oxygen atoms in total. The predicted molar refractivity (Wildman–Crippen MR) is 52.3 cm³/mol. The topological polar surface area (TPSA) is 34.0 Å². The molecule has 0 fully saturated rings. The summed E-state index contributed by atoms with van der Waals surface area (Å²) in [6, 6.07) is 0.539. The van der Waals surface area contributed by atoms with Crippen LogP contribution in [0.15, 0.2) is 0 Å². The van der Waals surface area contributed by atoms with Crippen LogP contribution in [0.25, 0.3) is 0 Å². The van der Waals surface area contributed by atoms with Gasteiger partial charge >= 0.3 is 0 Å². The van der Waals surface area contributed by atoms with E-state index in [1.165, 1.54) is 0 Å². The normalized spacial score (nSPS) is 11.6. The van der Waals surface area contributed by atoms with Gasteiger partial charge < -0.3 is 4.57 Å². The van der Waals surface area contributed by atoms with Crippen LogP contribution >= 0.6 is 0 Å². The van der Waals surface area contributed by atoms with Gasteiger partial charge in [0.15, 0.2) is 0 Å². The Hall–Kier alpha value is -0.900. The Morgan fingerprint density at radius 3 is 2.38 bits per heavy atom. The second-order valence-corrected chi connectivity index (χ2v) is 3.73. The molecule has 0 aliphatic heterocycles. The van der Waals surface area contributed by atoms with Gasteiger partial charge in [-0.25, -0.2) is 0 Å². The van der Waals surface area contributed by atoms with E-state index in [0.29, 0.717) is 6.04 Å². The average Bonchev–Trinajstić information content (AvgIpc) is 2.36. The molecule has 0 aliphatic rings. The first-order valence-corrected chi connectivity index (χ1v) is 4.57. The van der Waals surface area contributed by atoms with Crippen molar-refractivity contribution in [2.24, 2.45) is 7.05 Å². The summed E-state index contributed by atoms with van der Waals surface area (Å²) in [5, 5.41) is 8.12. The first kappa shape index (κ1) is 10.2. The third kappa shape index (κ3) is 2.28. The van der Waals surface area contributed by atoms with Crippen molar-refractivity contribution >= 4 is 0 Å². The zero-order chi connectivity index (χ0) is 10.0. The molecule has 0 radical (unpaired) electrons. The Bertz CT molecular complexity index is 277. The highest BCUT2D eigenvalue weighted by molar-refractivity contribution is 4.92. The van der Waals surface area contributed by atoms with Gasteiger partial charge in [-0.1, -0.05) is 0 Å². The molecule has 1 rings (SSSR count). The number of nitrogens with zero attached hydrogens (tertiary/aromatic N) is 4. The van der Waals surface area contributed by atoms with E-state index in [1.54, 1.807) is 0 Å². The van der Waals surface area contributed by atoms with Crippen molar-refractivity contribution in [3.63, 3.8) is 0 Å². The molecule has 13 heavy (non-hydrogen) atoms. The minimum atomic E-state index is 0.539. The maximum Gasteiger partial charge on any atom is 0.146 e. The van der Waals surface area contributed by atoms with Crippen molar-refractivity contribution in [3.05, 3.63) is 11.6 Å². The lowest BCUT2D eigenvalue weighted by Gasteiger charge is -2.19. The van der Waals surface area contributed by atoms with Gasteiger partial charge in [-0.2, -0.15) is 0 Å². The number of aryl methyl sites for hydroxylation is 1. The largest absolute Gasteiger partial charge is 0.317 e. The molecule has 1 aromatic rings. The third-order valence-corrected chi connectivity index (χ3v) is 2.46. The van der Waals surface area contributed by atoms with Gasteiger partial charge in [0.1, 0.15) is 11.6 Å². The summed E-state index contributed by atoms with van der Waals surface area (Å²) in [7, 11) is 4.09. The van der Waals surface area contributed by atoms with Crippen LogP contribution in [0.1, 0.15) is 25.5 Å². The first-order chi connectivity index (χ1) is 6.02. The van der Waals surface area contributed by atoms with Crippen LogP contribution in [0.4, 0.5) is 0 Å². The standard InChI is InChI=1S/C9H18N4/c1-7(2)12(4)6-9-11-10-8(3)13(9)5/h7H,6H2,1-5H3. The SMILES string of the molecule is Cc1nnc(CN(C)C(C)C)n1C. The van der Waals surface area contributed by atoms with Crippen LogP contribution in [0, 0.1) is 6.92 Å². The summed E-state index contributed by atoms with van der Waals surface area (Å²) in [6.07, 6.45) is 0. The fourth-order valence-electron chi connectivity index (χ4n) is 0.994. The summed E-state index contributed by atoms with van der Waals surface area (Å²) in [6.45, 7) is 7.16. The molecule has 0 unspecified atom stereocenters. The molecule has 0 spiro atoms. The maximum absolute atomic E-state index is 4.11. The smallest absolute Gasteiger partial charge is 0.146 e. The molecule has 0 saturated heterocycles. The quantitative estimate of drug-likeness (QED) is 0.698. The Morgan fingerprint density at radius 2 is 2.00 bits per heavy atom. The molecule has 0 bridgehead atoms. The van der Waals surface area contributed by atoms with E-state index in [9.17, 15) is 0 Å². The summed E-state index contributed by atoms with van der Waals surface area (Å²) in [5.74, 6) is 1.99. The lowest BCUT2D eigenvalue weighted by molar-refractivity contribution is 0.256. The Labute approximate surface area is 79.6 Å². The van der Waals surface area contributed by atoms with Crippen LogP contribution in [0.3, 0.4) is 0 Å². The molecule has 74 valence electrons. The van der Waals surface area contributed by atoms with E-state index in [4.69, 9.17) is 0 Å². The van der Waals surface area contributed by atoms with Crippen molar-refractivity contribution in [3.8, 4) is 0 Å². The van der Waals surface area contributed by atoms with Crippen LogP contribution in [-0.4, -0.2) is 32.8 Å². The third-order valence-electron chi connectivity index (χ3n) is 2.46. The van der Waals surface area contributed by atoms with Gasteiger partial charge in [-0.3, -0.25) is 4.90 Å². The number of hydrogen-bond donors (Lipinski definition) is 0. The highest BCUT2D eigenvalue weighted by Gasteiger charge is 2.09. The molecule has 0 amide bonds. The molecular formula is C9H18N4. The number of hydrogen-bond acceptors (Lipinski definition) is 3. The molecule has 4 heteroatoms. The molecule has 1 aromatic heterocycles. The van der Waals surface area contributed by atoms with E-state index >= 15 is 0 Å². The molecule has 1 heterocycles. The lowest BCUT2D eigenvalue weighted by Crippen LogP contribution is -2.27. The van der Waals surface area contributed by atoms with Gasteiger partial charge in [-0.15, -0.1) is 10.2 Å². The van der Waals surface area contributed by atoms with Crippen molar-refractivity contribution in [2.45, 2.75) is 33.4 Å². The average molecular weight is 182 g/mol. The fraction of sp³-hybridized carbons (Fsp3) is 0.778. The zero-order valence-electron chi connectivity index (χ0n) is 9.07. The summed E-state index contributed by atoms with van der Waals surface area (Å²) < 4.78 is 2.03. The van der Waals surface area contributed by atoms with E-state index < -0.39 is 0 Å². The minimum absolute atomic E-state index is 0.539. The molecular weight excluding hydrogens is 164 g/mol. The van der Waals surface area contributed by atoms with Crippen LogP contribution in [0.2, 0.25) is 0 Å². The van der Waals surface area contributed by atoms with E-state index in [2.05, 4.69) is 36.0 Å². The Kier molecular flexibility index (Phi) is 3.03. The number of rotatable bonds is 3. The molecule has 0 aliphatic carbocycles. The first-order valence-electron chi connectivity index (χ1n) is 4.57. The van der Waals surface area contributed by atoms with Crippen molar-refractivity contribution in [1.82, 2.24) is 19.7 Å². The maximum atomic E-state index is 4.11. The molecule has 0 atom stereocenters. The monoisotopic (exact) mass is 182 g/mol. The summed E-state index contributed by atoms with van der Waals surface area (Å²) in [5.41, 5.74) is 0. The Morgan fingerprint density at radius 1 is 1.38 bits per heavy atom. The highest BCUT2D eigenvalue weighted by atomic mass is 15.3. The van der Waals surface area contributed by atoms with E-state index in [1.807, 2.05) is 18.5 Å². The van der Waals surface area contributed by atoms with Crippen LogP contribution < -0.4 is 0 Å². The summed E-state index contributed by atoms with van der Waals surface area (Å²) in [4.78, 5) is 2.24. The van der Waals surface area contributed by atoms with Gasteiger partial charge in [0.25, 0.3) is 0 Å². The lowest BCUT2D eigenvalue weighted by atomic mass is 10.3. The van der Waals surface area contributed by atoms with Crippen molar-refractivity contribution in [2.75, 3.05) is 7.05 Å². The van der Waals surface area contributed by atoms with Crippen LogP contribution in [0.5, 0.6) is 0 Å². The second kappa shape index (κ2) is 3.87. The fourth-order valence-corrected chi connectivity index (χ4v) is 0.994. The van der Waals surface area contributed by atoms with Gasteiger partial charge in [-0.05, 0) is 27.8 Å². The van der Waals surface area contributed by atoms with E-state index in [-0.39, 0.29) is 0 Å². The van der Waals surface area contributed by atoms with Gasteiger partial charge in [0.05, 0.1) is 6.54 Å². The van der Waals surface area contributed by atoms with Crippen molar-refractivity contribution in [1.29, 1.82) is 0 Å². The van der Waals surface area contributed by atoms with Crippen molar-refractivity contribution < 1.29 is 0 Å².